The second-order valence-electron chi connectivity index (χ2n) is 5.52. The zero-order valence-electron chi connectivity index (χ0n) is 13.0. The summed E-state index contributed by atoms with van der Waals surface area (Å²) in [6.07, 6.45) is 2.53. The van der Waals surface area contributed by atoms with E-state index in [9.17, 15) is 9.59 Å². The number of thiazole rings is 1. The number of nitrogens with one attached hydrogen (secondary N) is 1. The molecule has 1 aromatic rings. The van der Waals surface area contributed by atoms with E-state index in [-0.39, 0.29) is 18.2 Å². The van der Waals surface area contributed by atoms with E-state index in [1.165, 1.54) is 0 Å². The van der Waals surface area contributed by atoms with Gasteiger partial charge in [0.1, 0.15) is 11.6 Å². The zero-order valence-corrected chi connectivity index (χ0v) is 14.6. The van der Waals surface area contributed by atoms with E-state index in [2.05, 4.69) is 21.9 Å². The Morgan fingerprint density at radius 1 is 1.57 bits per heavy atom. The molecule has 1 atom stereocenters. The maximum atomic E-state index is 12.2. The van der Waals surface area contributed by atoms with Crippen molar-refractivity contribution in [1.29, 1.82) is 0 Å². The van der Waals surface area contributed by atoms with Gasteiger partial charge in [-0.3, -0.25) is 4.90 Å². The van der Waals surface area contributed by atoms with Crippen molar-refractivity contribution in [2.24, 2.45) is 0 Å². The molecule has 0 spiro atoms. The Hall–Kier alpha value is -1.48. The fourth-order valence-electron chi connectivity index (χ4n) is 2.74. The quantitative estimate of drug-likeness (QED) is 0.863. The number of urea groups is 1. The Bertz CT molecular complexity index is 580. The summed E-state index contributed by atoms with van der Waals surface area (Å²) in [4.78, 5) is 31.6. The van der Waals surface area contributed by atoms with Crippen LogP contribution in [0.25, 0.3) is 0 Å². The predicted molar refractivity (Wildman–Crippen MR) is 89.9 cm³/mol. The van der Waals surface area contributed by atoms with Gasteiger partial charge in [-0.15, -0.1) is 11.3 Å². The van der Waals surface area contributed by atoms with Gasteiger partial charge >= 0.3 is 12.1 Å². The van der Waals surface area contributed by atoms with Crippen LogP contribution < -0.4 is 5.32 Å². The number of cyclic esters (lactones) is 1. The van der Waals surface area contributed by atoms with Gasteiger partial charge in [-0.2, -0.15) is 11.8 Å². The summed E-state index contributed by atoms with van der Waals surface area (Å²) in [6, 6.07) is -0.0850. The van der Waals surface area contributed by atoms with Crippen LogP contribution in [-0.4, -0.2) is 72.0 Å². The molecule has 23 heavy (non-hydrogen) atoms. The number of rotatable bonds is 5. The molecule has 1 N–H and O–H groups in total. The predicted octanol–water partition coefficient (Wildman–Crippen LogP) is 1.39. The molecule has 7 nitrogen and oxygen atoms in total. The Morgan fingerprint density at radius 2 is 2.43 bits per heavy atom. The molecule has 9 heteroatoms. The Labute approximate surface area is 143 Å². The zero-order chi connectivity index (χ0) is 16.2. The van der Waals surface area contributed by atoms with Crippen LogP contribution in [0.5, 0.6) is 0 Å². The highest BCUT2D eigenvalue weighted by atomic mass is 32.2. The molecule has 0 radical (unpaired) electrons. The van der Waals surface area contributed by atoms with Gasteiger partial charge in [-0.1, -0.05) is 0 Å². The van der Waals surface area contributed by atoms with E-state index in [0.29, 0.717) is 32.8 Å². The first-order chi connectivity index (χ1) is 11.2. The normalized spacial score (nSPS) is 20.4. The van der Waals surface area contributed by atoms with E-state index >= 15 is 0 Å². The van der Waals surface area contributed by atoms with E-state index in [1.807, 2.05) is 0 Å². The summed E-state index contributed by atoms with van der Waals surface area (Å²) in [6.45, 7) is 2.57. The average Bonchev–Trinajstić information content (AvgIpc) is 3.14. The Kier molecular flexibility index (Phi) is 5.27. The third-order valence-corrected chi connectivity index (χ3v) is 5.57. The van der Waals surface area contributed by atoms with E-state index < -0.39 is 0 Å². The lowest BCUT2D eigenvalue weighted by Gasteiger charge is -2.35. The highest BCUT2D eigenvalue weighted by molar-refractivity contribution is 7.97. The fraction of sp³-hybridized carbons (Fsp3) is 0.643. The molecule has 3 heterocycles. The number of piperazine rings is 1. The maximum Gasteiger partial charge on any atom is 0.410 e. The van der Waals surface area contributed by atoms with Crippen LogP contribution in [0.15, 0.2) is 5.38 Å². The number of carbonyl (C=O) groups is 2. The minimum Gasteiger partial charge on any atom is -0.447 e. The van der Waals surface area contributed by atoms with Crippen LogP contribution in [0, 0.1) is 0 Å². The summed E-state index contributed by atoms with van der Waals surface area (Å²) in [5.74, 6) is 0.934. The molecule has 2 saturated heterocycles. The average molecular weight is 356 g/mol. The van der Waals surface area contributed by atoms with Crippen LogP contribution in [-0.2, 0) is 16.9 Å². The van der Waals surface area contributed by atoms with Gasteiger partial charge in [0.25, 0.3) is 0 Å². The molecule has 2 aliphatic heterocycles. The van der Waals surface area contributed by atoms with Crippen LogP contribution in [0.4, 0.5) is 9.59 Å². The lowest BCUT2D eigenvalue weighted by atomic mass is 10.2. The van der Waals surface area contributed by atoms with Crippen molar-refractivity contribution in [3.63, 3.8) is 0 Å². The SMILES string of the molecule is CSCc1nc(CCNC(=O)N2CCN3C(=O)OCC3C2)cs1. The standard InChI is InChI=1S/C14H20N4O3S2/c1-22-9-12-16-10(8-23-12)2-3-15-13(19)17-4-5-18-11(6-17)7-21-14(18)20/h8,11H,2-7,9H2,1H3,(H,15,19). The number of carbonyl (C=O) groups excluding carboxylic acids is 2. The highest BCUT2D eigenvalue weighted by Crippen LogP contribution is 2.18. The molecule has 1 aromatic heterocycles. The minimum absolute atomic E-state index is 0.00496. The lowest BCUT2D eigenvalue weighted by Crippen LogP contribution is -2.56. The van der Waals surface area contributed by atoms with Crippen molar-refractivity contribution in [2.75, 3.05) is 39.0 Å². The summed E-state index contributed by atoms with van der Waals surface area (Å²) in [5.41, 5.74) is 1.03. The van der Waals surface area contributed by atoms with Crippen LogP contribution >= 0.6 is 23.1 Å². The molecule has 126 valence electrons. The van der Waals surface area contributed by atoms with Gasteiger partial charge < -0.3 is 15.0 Å². The molecule has 3 rings (SSSR count). The second-order valence-corrected chi connectivity index (χ2v) is 7.33. The number of thioether (sulfide) groups is 1. The van der Waals surface area contributed by atoms with Gasteiger partial charge in [0, 0.05) is 43.7 Å². The van der Waals surface area contributed by atoms with Crippen molar-refractivity contribution in [3.8, 4) is 0 Å². The van der Waals surface area contributed by atoms with Crippen molar-refractivity contribution in [3.05, 3.63) is 16.1 Å². The van der Waals surface area contributed by atoms with E-state index in [1.54, 1.807) is 32.9 Å². The van der Waals surface area contributed by atoms with Gasteiger partial charge in [-0.05, 0) is 6.26 Å². The van der Waals surface area contributed by atoms with Gasteiger partial charge in [-0.25, -0.2) is 14.6 Å². The summed E-state index contributed by atoms with van der Waals surface area (Å²) >= 11 is 3.42. The molecule has 1 unspecified atom stereocenters. The van der Waals surface area contributed by atoms with Crippen LogP contribution in [0.1, 0.15) is 10.7 Å². The number of hydrogen-bond donors (Lipinski definition) is 1. The molecule has 0 aromatic carbocycles. The third kappa shape index (κ3) is 3.89. The molecular formula is C14H20N4O3S2. The number of aromatic nitrogens is 1. The van der Waals surface area contributed by atoms with Crippen molar-refractivity contribution in [2.45, 2.75) is 18.2 Å². The molecule has 0 saturated carbocycles. The summed E-state index contributed by atoms with van der Waals surface area (Å²) in [7, 11) is 0. The van der Waals surface area contributed by atoms with Crippen molar-refractivity contribution < 1.29 is 14.3 Å². The minimum atomic E-state index is -0.264. The molecule has 2 fully saturated rings. The molecule has 3 amide bonds. The number of nitrogens with zero attached hydrogens (tertiary/aromatic N) is 3. The number of hydrogen-bond acceptors (Lipinski definition) is 6. The van der Waals surface area contributed by atoms with Gasteiger partial charge in [0.2, 0.25) is 0 Å². The van der Waals surface area contributed by atoms with Crippen molar-refractivity contribution >= 4 is 35.2 Å². The molecule has 0 bridgehead atoms. The first-order valence-corrected chi connectivity index (χ1v) is 9.83. The fourth-order valence-corrected chi connectivity index (χ4v) is 4.29. The second kappa shape index (κ2) is 7.39. The van der Waals surface area contributed by atoms with Gasteiger partial charge in [0.05, 0.1) is 11.7 Å². The number of ether oxygens (including phenoxy) is 1. The molecule has 0 aliphatic carbocycles. The van der Waals surface area contributed by atoms with E-state index in [4.69, 9.17) is 4.74 Å². The highest BCUT2D eigenvalue weighted by Gasteiger charge is 2.38. The first-order valence-electron chi connectivity index (χ1n) is 7.55. The smallest absolute Gasteiger partial charge is 0.410 e. The number of fused-ring (bicyclic) bond motifs is 1. The molecule has 2 aliphatic rings. The summed E-state index contributed by atoms with van der Waals surface area (Å²) in [5, 5.41) is 6.11. The number of amides is 3. The molecular weight excluding hydrogens is 336 g/mol. The Balaban J connectivity index is 1.42. The Morgan fingerprint density at radius 3 is 3.26 bits per heavy atom. The lowest BCUT2D eigenvalue weighted by molar-refractivity contribution is 0.127. The van der Waals surface area contributed by atoms with Crippen LogP contribution in [0.2, 0.25) is 0 Å². The maximum absolute atomic E-state index is 12.2. The van der Waals surface area contributed by atoms with Gasteiger partial charge in [0.15, 0.2) is 0 Å². The van der Waals surface area contributed by atoms with E-state index in [0.717, 1.165) is 22.9 Å². The largest absolute Gasteiger partial charge is 0.447 e. The first kappa shape index (κ1) is 16.4. The van der Waals surface area contributed by atoms with Crippen molar-refractivity contribution in [1.82, 2.24) is 20.1 Å². The summed E-state index contributed by atoms with van der Waals surface area (Å²) < 4.78 is 5.01. The third-order valence-electron chi connectivity index (χ3n) is 3.93. The van der Waals surface area contributed by atoms with Crippen LogP contribution in [0.3, 0.4) is 0 Å². The monoisotopic (exact) mass is 356 g/mol. The topological polar surface area (TPSA) is 74.8 Å².